The van der Waals surface area contributed by atoms with Crippen molar-refractivity contribution < 1.29 is 9.32 Å². The Morgan fingerprint density at radius 2 is 2.03 bits per heavy atom. The lowest BCUT2D eigenvalue weighted by atomic mass is 10.1. The van der Waals surface area contributed by atoms with E-state index in [1.807, 2.05) is 25.1 Å². The number of aromatic nitrogens is 4. The summed E-state index contributed by atoms with van der Waals surface area (Å²) < 4.78 is 6.95. The zero-order valence-electron chi connectivity index (χ0n) is 16.3. The summed E-state index contributed by atoms with van der Waals surface area (Å²) in [5.41, 5.74) is 2.99. The number of nitrogens with zero attached hydrogens (tertiary/aromatic N) is 3. The molecule has 4 rings (SSSR count). The van der Waals surface area contributed by atoms with Crippen LogP contribution in [-0.4, -0.2) is 25.6 Å². The number of amides is 1. The van der Waals surface area contributed by atoms with Gasteiger partial charge in [0.05, 0.1) is 24.0 Å². The maximum absolute atomic E-state index is 12.1. The van der Waals surface area contributed by atoms with E-state index in [9.17, 15) is 9.59 Å². The molecule has 2 N–H and O–H groups in total. The molecule has 0 saturated heterocycles. The number of hydrogen-bond donors (Lipinski definition) is 2. The van der Waals surface area contributed by atoms with Crippen LogP contribution in [0.4, 0.5) is 0 Å². The molecule has 0 atom stereocenters. The van der Waals surface area contributed by atoms with Crippen LogP contribution in [0.25, 0.3) is 22.4 Å². The van der Waals surface area contributed by atoms with Crippen LogP contribution in [-0.2, 0) is 24.3 Å². The van der Waals surface area contributed by atoms with Crippen LogP contribution >= 0.6 is 11.6 Å². The topological polar surface area (TPSA) is 106 Å². The van der Waals surface area contributed by atoms with Gasteiger partial charge in [-0.3, -0.25) is 9.36 Å². The van der Waals surface area contributed by atoms with Crippen molar-refractivity contribution in [1.82, 2.24) is 25.0 Å². The second-order valence-electron chi connectivity index (χ2n) is 6.91. The molecule has 0 radical (unpaired) electrons. The van der Waals surface area contributed by atoms with E-state index in [1.165, 1.54) is 0 Å². The number of aryl methyl sites for hydroxylation is 1. The predicted molar refractivity (Wildman–Crippen MR) is 113 cm³/mol. The van der Waals surface area contributed by atoms with Crippen molar-refractivity contribution in [3.05, 3.63) is 69.4 Å². The average molecular weight is 426 g/mol. The Morgan fingerprint density at radius 3 is 2.80 bits per heavy atom. The van der Waals surface area contributed by atoms with E-state index in [0.29, 0.717) is 28.8 Å². The molecule has 0 aliphatic carbocycles. The molecule has 0 fully saturated rings. The number of nitrogens with one attached hydrogen (secondary N) is 2. The highest BCUT2D eigenvalue weighted by molar-refractivity contribution is 6.30. The summed E-state index contributed by atoms with van der Waals surface area (Å²) in [5, 5.41) is 7.37. The first-order chi connectivity index (χ1) is 14.5. The van der Waals surface area contributed by atoms with E-state index in [0.717, 1.165) is 23.1 Å². The van der Waals surface area contributed by atoms with Crippen LogP contribution in [0.15, 0.2) is 51.8 Å². The Bertz CT molecular complexity index is 1240. The maximum Gasteiger partial charge on any atom is 0.326 e. The second-order valence-corrected chi connectivity index (χ2v) is 7.34. The summed E-state index contributed by atoms with van der Waals surface area (Å²) in [6.07, 6.45) is 1.10. The molecule has 8 nitrogen and oxygen atoms in total. The average Bonchev–Trinajstić information content (AvgIpc) is 3.33. The van der Waals surface area contributed by atoms with E-state index in [4.69, 9.17) is 16.1 Å². The van der Waals surface area contributed by atoms with Crippen molar-refractivity contribution in [2.75, 3.05) is 0 Å². The van der Waals surface area contributed by atoms with E-state index in [-0.39, 0.29) is 24.6 Å². The molecule has 2 aromatic carbocycles. The highest BCUT2D eigenvalue weighted by atomic mass is 35.5. The van der Waals surface area contributed by atoms with Gasteiger partial charge in [0.15, 0.2) is 0 Å². The van der Waals surface area contributed by atoms with Crippen molar-refractivity contribution >= 4 is 28.5 Å². The SMILES string of the molecule is CCCn1c(=O)[nH]c2cc(-c3noc(CNC(=O)Cc4ccc(Cl)cc4)n3)ccc21. The van der Waals surface area contributed by atoms with Gasteiger partial charge < -0.3 is 14.8 Å². The van der Waals surface area contributed by atoms with Gasteiger partial charge in [0.25, 0.3) is 0 Å². The van der Waals surface area contributed by atoms with E-state index in [1.54, 1.807) is 28.8 Å². The smallest absolute Gasteiger partial charge is 0.326 e. The molecular weight excluding hydrogens is 406 g/mol. The number of imidazole rings is 1. The third kappa shape index (κ3) is 4.28. The van der Waals surface area contributed by atoms with Gasteiger partial charge in [-0.25, -0.2) is 4.79 Å². The van der Waals surface area contributed by atoms with Crippen LogP contribution in [0.2, 0.25) is 5.02 Å². The highest BCUT2D eigenvalue weighted by Gasteiger charge is 2.13. The largest absolute Gasteiger partial charge is 0.347 e. The van der Waals surface area contributed by atoms with Gasteiger partial charge in [-0.1, -0.05) is 35.8 Å². The lowest BCUT2D eigenvalue weighted by Gasteiger charge is -2.02. The number of H-pyrrole nitrogens is 1. The summed E-state index contributed by atoms with van der Waals surface area (Å²) in [6.45, 7) is 2.81. The molecule has 0 bridgehead atoms. The monoisotopic (exact) mass is 425 g/mol. The molecule has 2 aromatic heterocycles. The van der Waals surface area contributed by atoms with Gasteiger partial charge >= 0.3 is 5.69 Å². The van der Waals surface area contributed by atoms with Crippen molar-refractivity contribution in [2.24, 2.45) is 0 Å². The van der Waals surface area contributed by atoms with Gasteiger partial charge in [-0.2, -0.15) is 4.98 Å². The number of hydrogen-bond acceptors (Lipinski definition) is 5. The van der Waals surface area contributed by atoms with Crippen molar-refractivity contribution in [3.8, 4) is 11.4 Å². The molecule has 0 spiro atoms. The van der Waals surface area contributed by atoms with Gasteiger partial charge in [0.2, 0.25) is 17.6 Å². The number of rotatable bonds is 7. The molecule has 9 heteroatoms. The van der Waals surface area contributed by atoms with E-state index in [2.05, 4.69) is 20.4 Å². The van der Waals surface area contributed by atoms with Crippen LogP contribution in [0.1, 0.15) is 24.8 Å². The Kier molecular flexibility index (Phi) is 5.67. The Hall–Kier alpha value is -3.39. The summed E-state index contributed by atoms with van der Waals surface area (Å²) in [6, 6.07) is 12.6. The van der Waals surface area contributed by atoms with E-state index >= 15 is 0 Å². The molecule has 2 heterocycles. The molecule has 30 heavy (non-hydrogen) atoms. The number of halogens is 1. The van der Waals surface area contributed by atoms with Gasteiger partial charge in [-0.05, 0) is 42.3 Å². The van der Waals surface area contributed by atoms with Gasteiger partial charge in [0, 0.05) is 17.1 Å². The third-order valence-electron chi connectivity index (χ3n) is 4.66. The quantitative estimate of drug-likeness (QED) is 0.472. The molecule has 0 saturated carbocycles. The van der Waals surface area contributed by atoms with E-state index < -0.39 is 0 Å². The summed E-state index contributed by atoms with van der Waals surface area (Å²) in [4.78, 5) is 31.4. The molecule has 0 unspecified atom stereocenters. The number of fused-ring (bicyclic) bond motifs is 1. The molecular formula is C21H20ClN5O3. The number of carbonyl (C=O) groups is 1. The first-order valence-electron chi connectivity index (χ1n) is 9.60. The van der Waals surface area contributed by atoms with Crippen molar-refractivity contribution in [1.29, 1.82) is 0 Å². The molecule has 0 aliphatic rings. The first kappa shape index (κ1) is 19.9. The van der Waals surface area contributed by atoms with Crippen molar-refractivity contribution in [2.45, 2.75) is 32.9 Å². The van der Waals surface area contributed by atoms with Gasteiger partial charge in [0.1, 0.15) is 0 Å². The molecule has 1 amide bonds. The standard InChI is InChI=1S/C21H20ClN5O3/c1-2-9-27-17-8-5-14(11-16(17)24-21(27)29)20-25-19(30-26-20)12-23-18(28)10-13-3-6-15(22)7-4-13/h3-8,11H,2,9-10,12H2,1H3,(H,23,28)(H,24,29). The minimum absolute atomic E-state index is 0.130. The lowest BCUT2D eigenvalue weighted by Crippen LogP contribution is -2.24. The predicted octanol–water partition coefficient (Wildman–Crippen LogP) is 3.30. The molecule has 4 aromatic rings. The zero-order valence-corrected chi connectivity index (χ0v) is 17.1. The number of benzene rings is 2. The maximum atomic E-state index is 12.1. The Labute approximate surface area is 176 Å². The first-order valence-corrected chi connectivity index (χ1v) is 9.98. The minimum atomic E-state index is -0.159. The lowest BCUT2D eigenvalue weighted by molar-refractivity contribution is -0.120. The fourth-order valence-corrected chi connectivity index (χ4v) is 3.34. The molecule has 0 aliphatic heterocycles. The Morgan fingerprint density at radius 1 is 1.23 bits per heavy atom. The fraction of sp³-hybridized carbons (Fsp3) is 0.238. The molecule has 154 valence electrons. The second kappa shape index (κ2) is 8.54. The summed E-state index contributed by atoms with van der Waals surface area (Å²) >= 11 is 5.85. The van der Waals surface area contributed by atoms with Crippen LogP contribution < -0.4 is 11.0 Å². The van der Waals surface area contributed by atoms with Crippen LogP contribution in [0.3, 0.4) is 0 Å². The normalized spacial score (nSPS) is 11.1. The minimum Gasteiger partial charge on any atom is -0.347 e. The summed E-state index contributed by atoms with van der Waals surface area (Å²) in [5.74, 6) is 0.530. The van der Waals surface area contributed by atoms with Gasteiger partial charge in [-0.15, -0.1) is 0 Å². The Balaban J connectivity index is 1.43. The van der Waals surface area contributed by atoms with Crippen molar-refractivity contribution in [3.63, 3.8) is 0 Å². The number of aromatic amines is 1. The third-order valence-corrected chi connectivity index (χ3v) is 4.91. The fourth-order valence-electron chi connectivity index (χ4n) is 3.22. The zero-order chi connectivity index (χ0) is 21.1. The number of carbonyl (C=O) groups excluding carboxylic acids is 1. The summed E-state index contributed by atoms with van der Waals surface area (Å²) in [7, 11) is 0. The highest BCUT2D eigenvalue weighted by Crippen LogP contribution is 2.21. The van der Waals surface area contributed by atoms with Crippen LogP contribution in [0.5, 0.6) is 0 Å². The van der Waals surface area contributed by atoms with Crippen LogP contribution in [0, 0.1) is 0 Å².